The number of ether oxygens (including phenoxy) is 1. The zero-order valence-electron chi connectivity index (χ0n) is 9.07. The average Bonchev–Trinajstić information content (AvgIpc) is 2.66. The van der Waals surface area contributed by atoms with Crippen molar-refractivity contribution in [2.24, 2.45) is 7.05 Å². The van der Waals surface area contributed by atoms with E-state index < -0.39 is 0 Å². The Kier molecular flexibility index (Phi) is 3.53. The molecule has 4 nitrogen and oxygen atoms in total. The van der Waals surface area contributed by atoms with Crippen molar-refractivity contribution >= 4 is 0 Å². The summed E-state index contributed by atoms with van der Waals surface area (Å²) in [6, 6.07) is 2.03. The lowest BCUT2D eigenvalue weighted by molar-refractivity contribution is 0.148. The molecule has 0 fully saturated rings. The normalized spacial score (nSPS) is 16.5. The van der Waals surface area contributed by atoms with Crippen LogP contribution in [0.3, 0.4) is 0 Å². The van der Waals surface area contributed by atoms with Gasteiger partial charge in [-0.2, -0.15) is 5.10 Å². The van der Waals surface area contributed by atoms with Crippen LogP contribution in [0.4, 0.5) is 0 Å². The van der Waals surface area contributed by atoms with Gasteiger partial charge in [0.1, 0.15) is 0 Å². The van der Waals surface area contributed by atoms with Crippen LogP contribution in [0.1, 0.15) is 12.1 Å². The predicted molar refractivity (Wildman–Crippen MR) is 58.4 cm³/mol. The molecule has 15 heavy (non-hydrogen) atoms. The fraction of sp³-hybridized carbons (Fsp3) is 0.545. The second-order valence-electron chi connectivity index (χ2n) is 3.75. The molecule has 0 bridgehead atoms. The molecule has 1 aliphatic rings. The van der Waals surface area contributed by atoms with Crippen molar-refractivity contribution in [3.05, 3.63) is 29.6 Å². The van der Waals surface area contributed by atoms with Gasteiger partial charge < -0.3 is 10.1 Å². The molecule has 1 N–H and O–H groups in total. The smallest absolute Gasteiger partial charge is 0.0689 e. The Morgan fingerprint density at radius 3 is 3.13 bits per heavy atom. The van der Waals surface area contributed by atoms with Gasteiger partial charge in [-0.05, 0) is 18.1 Å². The van der Waals surface area contributed by atoms with Gasteiger partial charge in [-0.1, -0.05) is 6.08 Å². The van der Waals surface area contributed by atoms with Crippen molar-refractivity contribution < 1.29 is 4.74 Å². The van der Waals surface area contributed by atoms with Gasteiger partial charge in [-0.3, -0.25) is 4.68 Å². The SMILES string of the molecule is Cn1nccc1CNCC1=CCCOC1. The number of hydrogen-bond acceptors (Lipinski definition) is 3. The largest absolute Gasteiger partial charge is 0.377 e. The molecule has 0 saturated heterocycles. The first-order chi connectivity index (χ1) is 7.36. The van der Waals surface area contributed by atoms with Gasteiger partial charge in [0, 0.05) is 26.3 Å². The molecule has 0 saturated carbocycles. The van der Waals surface area contributed by atoms with Gasteiger partial charge >= 0.3 is 0 Å². The molecule has 1 aliphatic heterocycles. The van der Waals surface area contributed by atoms with Crippen molar-refractivity contribution in [1.29, 1.82) is 0 Å². The van der Waals surface area contributed by atoms with E-state index in [4.69, 9.17) is 4.74 Å². The van der Waals surface area contributed by atoms with Crippen LogP contribution >= 0.6 is 0 Å². The molecule has 82 valence electrons. The average molecular weight is 207 g/mol. The Balaban J connectivity index is 1.75. The third-order valence-electron chi connectivity index (χ3n) is 2.56. The standard InChI is InChI=1S/C11H17N3O/c1-14-11(4-5-13-14)8-12-7-10-3-2-6-15-9-10/h3-5,12H,2,6-9H2,1H3. The summed E-state index contributed by atoms with van der Waals surface area (Å²) in [5, 5.41) is 7.51. The van der Waals surface area contributed by atoms with Gasteiger partial charge in [0.25, 0.3) is 0 Å². The second-order valence-corrected chi connectivity index (χ2v) is 3.75. The van der Waals surface area contributed by atoms with Crippen molar-refractivity contribution in [2.45, 2.75) is 13.0 Å². The highest BCUT2D eigenvalue weighted by molar-refractivity contribution is 5.07. The minimum absolute atomic E-state index is 0.776. The summed E-state index contributed by atoms with van der Waals surface area (Å²) < 4.78 is 7.26. The molecule has 4 heteroatoms. The minimum Gasteiger partial charge on any atom is -0.377 e. The fourth-order valence-electron chi connectivity index (χ4n) is 1.66. The number of nitrogens with one attached hydrogen (secondary N) is 1. The molecule has 2 rings (SSSR count). The zero-order valence-corrected chi connectivity index (χ0v) is 9.07. The number of rotatable bonds is 4. The number of hydrogen-bond donors (Lipinski definition) is 1. The van der Waals surface area contributed by atoms with Gasteiger partial charge in [-0.25, -0.2) is 0 Å². The first kappa shape index (κ1) is 10.4. The van der Waals surface area contributed by atoms with Crippen LogP contribution in [-0.2, 0) is 18.3 Å². The molecule has 0 aromatic carbocycles. The van der Waals surface area contributed by atoms with E-state index in [9.17, 15) is 0 Å². The van der Waals surface area contributed by atoms with Crippen LogP contribution < -0.4 is 5.32 Å². The predicted octanol–water partition coefficient (Wildman–Crippen LogP) is 0.856. The molecule has 0 spiro atoms. The Labute approximate surface area is 89.9 Å². The Bertz CT molecular complexity index is 343. The number of nitrogens with zero attached hydrogens (tertiary/aromatic N) is 2. The van der Waals surface area contributed by atoms with Crippen LogP contribution in [0.2, 0.25) is 0 Å². The van der Waals surface area contributed by atoms with Crippen molar-refractivity contribution in [3.8, 4) is 0 Å². The van der Waals surface area contributed by atoms with Gasteiger partial charge in [0.15, 0.2) is 0 Å². The lowest BCUT2D eigenvalue weighted by atomic mass is 10.2. The van der Waals surface area contributed by atoms with E-state index in [-0.39, 0.29) is 0 Å². The summed E-state index contributed by atoms with van der Waals surface area (Å²) in [6.45, 7) is 3.41. The molecule has 1 aromatic heterocycles. The van der Waals surface area contributed by atoms with E-state index in [1.165, 1.54) is 11.3 Å². The number of aryl methyl sites for hydroxylation is 1. The lowest BCUT2D eigenvalue weighted by Crippen LogP contribution is -2.22. The Hall–Kier alpha value is -1.13. The van der Waals surface area contributed by atoms with E-state index in [2.05, 4.69) is 16.5 Å². The van der Waals surface area contributed by atoms with Crippen LogP contribution in [0.15, 0.2) is 23.9 Å². The Morgan fingerprint density at radius 1 is 1.53 bits per heavy atom. The van der Waals surface area contributed by atoms with E-state index in [1.807, 2.05) is 24.0 Å². The highest BCUT2D eigenvalue weighted by Gasteiger charge is 2.03. The first-order valence-corrected chi connectivity index (χ1v) is 5.29. The van der Waals surface area contributed by atoms with E-state index in [1.54, 1.807) is 0 Å². The highest BCUT2D eigenvalue weighted by atomic mass is 16.5. The number of aromatic nitrogens is 2. The van der Waals surface area contributed by atoms with Gasteiger partial charge in [-0.15, -0.1) is 0 Å². The molecule has 0 unspecified atom stereocenters. The van der Waals surface area contributed by atoms with Gasteiger partial charge in [0.2, 0.25) is 0 Å². The summed E-state index contributed by atoms with van der Waals surface area (Å²) in [5.41, 5.74) is 2.55. The summed E-state index contributed by atoms with van der Waals surface area (Å²) in [7, 11) is 1.96. The molecule has 0 aliphatic carbocycles. The minimum atomic E-state index is 0.776. The summed E-state index contributed by atoms with van der Waals surface area (Å²) >= 11 is 0. The van der Waals surface area contributed by atoms with Crippen LogP contribution in [0, 0.1) is 0 Å². The maximum Gasteiger partial charge on any atom is 0.0689 e. The first-order valence-electron chi connectivity index (χ1n) is 5.29. The topological polar surface area (TPSA) is 39.1 Å². The maximum absolute atomic E-state index is 5.37. The zero-order chi connectivity index (χ0) is 10.5. The van der Waals surface area contributed by atoms with Gasteiger partial charge in [0.05, 0.1) is 18.9 Å². The van der Waals surface area contributed by atoms with Crippen LogP contribution in [-0.4, -0.2) is 29.5 Å². The second kappa shape index (κ2) is 5.09. The maximum atomic E-state index is 5.37. The van der Waals surface area contributed by atoms with Crippen LogP contribution in [0.25, 0.3) is 0 Å². The molecular formula is C11H17N3O. The lowest BCUT2D eigenvalue weighted by Gasteiger charge is -2.14. The van der Waals surface area contributed by atoms with E-state index in [0.29, 0.717) is 0 Å². The highest BCUT2D eigenvalue weighted by Crippen LogP contribution is 2.04. The molecule has 1 aromatic rings. The van der Waals surface area contributed by atoms with Crippen molar-refractivity contribution in [3.63, 3.8) is 0 Å². The van der Waals surface area contributed by atoms with Crippen LogP contribution in [0.5, 0.6) is 0 Å². The van der Waals surface area contributed by atoms with E-state index >= 15 is 0 Å². The molecule has 0 radical (unpaired) electrons. The Morgan fingerprint density at radius 2 is 2.47 bits per heavy atom. The molecule has 0 amide bonds. The molecular weight excluding hydrogens is 190 g/mol. The third kappa shape index (κ3) is 2.91. The monoisotopic (exact) mass is 207 g/mol. The molecule has 0 atom stereocenters. The van der Waals surface area contributed by atoms with Crippen molar-refractivity contribution in [2.75, 3.05) is 19.8 Å². The third-order valence-corrected chi connectivity index (χ3v) is 2.56. The summed E-state index contributed by atoms with van der Waals surface area (Å²) in [4.78, 5) is 0. The molecule has 2 heterocycles. The summed E-state index contributed by atoms with van der Waals surface area (Å²) in [5.74, 6) is 0. The fourth-order valence-corrected chi connectivity index (χ4v) is 1.66. The summed E-state index contributed by atoms with van der Waals surface area (Å²) in [6.07, 6.45) is 5.13. The van der Waals surface area contributed by atoms with E-state index in [0.717, 1.165) is 32.7 Å². The quantitative estimate of drug-likeness (QED) is 0.744. The van der Waals surface area contributed by atoms with Crippen molar-refractivity contribution in [1.82, 2.24) is 15.1 Å².